The standard InChI is InChI=1S/C8H10ClNO4S2/c1-14-7-3-5-8(6-4-7)15(2,11)10-16(9,12)13/h3-6H,1-2H3. The van der Waals surface area contributed by atoms with Crippen LogP contribution in [-0.2, 0) is 19.0 Å². The number of rotatable bonds is 3. The second kappa shape index (κ2) is 4.60. The summed E-state index contributed by atoms with van der Waals surface area (Å²) in [6.45, 7) is 0. The van der Waals surface area contributed by atoms with Crippen molar-refractivity contribution in [2.24, 2.45) is 3.77 Å². The van der Waals surface area contributed by atoms with Gasteiger partial charge in [-0.3, -0.25) is 0 Å². The molecule has 0 fully saturated rings. The first kappa shape index (κ1) is 13.3. The number of methoxy groups -OCH3 is 1. The average molecular weight is 284 g/mol. The number of hydrogen-bond acceptors (Lipinski definition) is 4. The smallest absolute Gasteiger partial charge is 0.347 e. The van der Waals surface area contributed by atoms with Gasteiger partial charge in [0.15, 0.2) is 0 Å². The molecular formula is C8H10ClNO4S2. The molecule has 0 saturated heterocycles. The minimum Gasteiger partial charge on any atom is -0.497 e. The normalized spacial score (nSPS) is 15.2. The van der Waals surface area contributed by atoms with Crippen LogP contribution in [0.4, 0.5) is 0 Å². The van der Waals surface area contributed by atoms with E-state index in [-0.39, 0.29) is 4.90 Å². The summed E-state index contributed by atoms with van der Waals surface area (Å²) < 4.78 is 41.4. The number of hydrogen-bond donors (Lipinski definition) is 0. The topological polar surface area (TPSA) is 72.8 Å². The summed E-state index contributed by atoms with van der Waals surface area (Å²) in [6.07, 6.45) is 1.20. The van der Waals surface area contributed by atoms with E-state index in [2.05, 4.69) is 3.77 Å². The molecule has 0 aliphatic heterocycles. The van der Waals surface area contributed by atoms with Gasteiger partial charge in [-0.05, 0) is 24.3 Å². The molecular weight excluding hydrogens is 274 g/mol. The molecule has 0 bridgehead atoms. The molecule has 8 heteroatoms. The molecule has 90 valence electrons. The monoisotopic (exact) mass is 283 g/mol. The molecule has 0 aromatic heterocycles. The van der Waals surface area contributed by atoms with Gasteiger partial charge in [0.25, 0.3) is 0 Å². The van der Waals surface area contributed by atoms with Crippen LogP contribution in [0.15, 0.2) is 32.9 Å². The van der Waals surface area contributed by atoms with E-state index < -0.39 is 19.0 Å². The summed E-state index contributed by atoms with van der Waals surface area (Å²) in [4.78, 5) is 0.275. The first-order chi connectivity index (χ1) is 7.24. The third-order valence-corrected chi connectivity index (χ3v) is 5.23. The van der Waals surface area contributed by atoms with Crippen molar-refractivity contribution in [2.45, 2.75) is 4.90 Å². The fourth-order valence-electron chi connectivity index (χ4n) is 1.04. The third-order valence-electron chi connectivity index (χ3n) is 1.73. The molecule has 0 spiro atoms. The third kappa shape index (κ3) is 3.66. The predicted octanol–water partition coefficient (Wildman–Crippen LogP) is 1.64. The summed E-state index contributed by atoms with van der Waals surface area (Å²) in [5.41, 5.74) is 0. The van der Waals surface area contributed by atoms with E-state index in [1.165, 1.54) is 25.5 Å². The molecule has 0 saturated carbocycles. The van der Waals surface area contributed by atoms with Crippen LogP contribution in [0.2, 0.25) is 0 Å². The van der Waals surface area contributed by atoms with Crippen LogP contribution in [-0.4, -0.2) is 26.0 Å². The SMILES string of the molecule is COc1ccc(S(C)(=O)=NS(=O)(=O)Cl)cc1. The lowest BCUT2D eigenvalue weighted by molar-refractivity contribution is 0.414. The number of nitrogens with zero attached hydrogens (tertiary/aromatic N) is 1. The zero-order valence-electron chi connectivity index (χ0n) is 8.58. The van der Waals surface area contributed by atoms with E-state index in [0.29, 0.717) is 5.75 Å². The van der Waals surface area contributed by atoms with Crippen molar-refractivity contribution in [2.75, 3.05) is 13.4 Å². The molecule has 1 unspecified atom stereocenters. The Hall–Kier alpha value is -0.790. The summed E-state index contributed by atoms with van der Waals surface area (Å²) in [5.74, 6) is 0.577. The Kier molecular flexibility index (Phi) is 3.82. The van der Waals surface area contributed by atoms with E-state index in [1.807, 2.05) is 0 Å². The van der Waals surface area contributed by atoms with Gasteiger partial charge < -0.3 is 4.74 Å². The Balaban J connectivity index is 3.28. The molecule has 0 radical (unpaired) electrons. The lowest BCUT2D eigenvalue weighted by Crippen LogP contribution is -2.00. The van der Waals surface area contributed by atoms with Crippen molar-refractivity contribution in [3.8, 4) is 5.75 Å². The van der Waals surface area contributed by atoms with Crippen LogP contribution < -0.4 is 4.74 Å². The van der Waals surface area contributed by atoms with Crippen LogP contribution in [0.25, 0.3) is 0 Å². The highest BCUT2D eigenvalue weighted by Gasteiger charge is 2.11. The number of ether oxygens (including phenoxy) is 1. The van der Waals surface area contributed by atoms with Crippen LogP contribution >= 0.6 is 10.7 Å². The maximum absolute atomic E-state index is 11.9. The van der Waals surface area contributed by atoms with Gasteiger partial charge in [-0.1, -0.05) is 3.77 Å². The van der Waals surface area contributed by atoms with Crippen LogP contribution in [0.1, 0.15) is 0 Å². The summed E-state index contributed by atoms with van der Waals surface area (Å²) in [7, 11) is -0.779. The van der Waals surface area contributed by atoms with Gasteiger partial charge in [-0.15, -0.1) is 0 Å². The largest absolute Gasteiger partial charge is 0.497 e. The predicted molar refractivity (Wildman–Crippen MR) is 62.5 cm³/mol. The fraction of sp³-hybridized carbons (Fsp3) is 0.250. The Bertz CT molecular complexity index is 585. The minimum absolute atomic E-state index is 0.275. The Morgan fingerprint density at radius 3 is 2.06 bits per heavy atom. The van der Waals surface area contributed by atoms with E-state index in [4.69, 9.17) is 15.4 Å². The van der Waals surface area contributed by atoms with Crippen molar-refractivity contribution < 1.29 is 17.4 Å². The highest BCUT2D eigenvalue weighted by Crippen LogP contribution is 2.18. The van der Waals surface area contributed by atoms with E-state index in [1.54, 1.807) is 12.1 Å². The van der Waals surface area contributed by atoms with E-state index in [9.17, 15) is 12.6 Å². The molecule has 0 heterocycles. The number of benzene rings is 1. The second-order valence-electron chi connectivity index (χ2n) is 2.96. The number of halogens is 1. The maximum Gasteiger partial charge on any atom is 0.347 e. The average Bonchev–Trinajstić information content (AvgIpc) is 2.14. The van der Waals surface area contributed by atoms with Gasteiger partial charge in [0.1, 0.15) is 5.75 Å². The summed E-state index contributed by atoms with van der Waals surface area (Å²) >= 11 is 0. The van der Waals surface area contributed by atoms with Crippen molar-refractivity contribution in [1.29, 1.82) is 0 Å². The zero-order valence-corrected chi connectivity index (χ0v) is 11.0. The molecule has 0 amide bonds. The highest BCUT2D eigenvalue weighted by atomic mass is 35.7. The summed E-state index contributed by atoms with van der Waals surface area (Å²) in [6, 6.07) is 6.09. The van der Waals surface area contributed by atoms with Crippen LogP contribution in [0.3, 0.4) is 0 Å². The highest BCUT2D eigenvalue weighted by molar-refractivity contribution is 8.17. The van der Waals surface area contributed by atoms with Gasteiger partial charge in [-0.2, -0.15) is 8.42 Å². The van der Waals surface area contributed by atoms with Crippen molar-refractivity contribution in [3.63, 3.8) is 0 Å². The van der Waals surface area contributed by atoms with Crippen LogP contribution in [0, 0.1) is 0 Å². The molecule has 1 aromatic carbocycles. The van der Waals surface area contributed by atoms with Gasteiger partial charge in [0.05, 0.1) is 16.8 Å². The lowest BCUT2D eigenvalue weighted by Gasteiger charge is -2.04. The zero-order chi connectivity index (χ0) is 12.4. The molecule has 0 N–H and O–H groups in total. The Morgan fingerprint density at radius 2 is 1.69 bits per heavy atom. The van der Waals surface area contributed by atoms with Crippen molar-refractivity contribution in [1.82, 2.24) is 0 Å². The molecule has 5 nitrogen and oxygen atoms in total. The Morgan fingerprint density at radius 1 is 1.19 bits per heavy atom. The van der Waals surface area contributed by atoms with E-state index >= 15 is 0 Å². The molecule has 1 rings (SSSR count). The van der Waals surface area contributed by atoms with Gasteiger partial charge in [-0.25, -0.2) is 4.21 Å². The summed E-state index contributed by atoms with van der Waals surface area (Å²) in [5, 5.41) is 0. The van der Waals surface area contributed by atoms with E-state index in [0.717, 1.165) is 0 Å². The quantitative estimate of drug-likeness (QED) is 0.791. The van der Waals surface area contributed by atoms with Gasteiger partial charge in [0, 0.05) is 21.8 Å². The molecule has 1 aromatic rings. The Labute approximate surface area is 99.1 Å². The minimum atomic E-state index is -4.16. The first-order valence-electron chi connectivity index (χ1n) is 4.07. The van der Waals surface area contributed by atoms with Gasteiger partial charge >= 0.3 is 9.24 Å². The van der Waals surface area contributed by atoms with Crippen LogP contribution in [0.5, 0.6) is 5.75 Å². The van der Waals surface area contributed by atoms with Gasteiger partial charge in [0.2, 0.25) is 0 Å². The molecule has 0 aliphatic carbocycles. The molecule has 0 aliphatic rings. The maximum atomic E-state index is 11.9. The molecule has 1 atom stereocenters. The second-order valence-corrected chi connectivity index (χ2v) is 7.63. The fourth-order valence-corrected chi connectivity index (χ4v) is 4.35. The van der Waals surface area contributed by atoms with Crippen molar-refractivity contribution in [3.05, 3.63) is 24.3 Å². The lowest BCUT2D eigenvalue weighted by atomic mass is 10.3. The first-order valence-corrected chi connectivity index (χ1v) is 8.26. The van der Waals surface area contributed by atoms with Crippen molar-refractivity contribution >= 4 is 29.6 Å². The molecule has 16 heavy (non-hydrogen) atoms.